The van der Waals surface area contributed by atoms with Gasteiger partial charge in [-0.2, -0.15) is 0 Å². The van der Waals surface area contributed by atoms with Gasteiger partial charge in [-0.15, -0.1) is 0 Å². The second-order valence-corrected chi connectivity index (χ2v) is 7.40. The highest BCUT2D eigenvalue weighted by Crippen LogP contribution is 2.28. The summed E-state index contributed by atoms with van der Waals surface area (Å²) >= 11 is 0. The van der Waals surface area contributed by atoms with Crippen molar-refractivity contribution in [2.45, 2.75) is 19.8 Å². The van der Waals surface area contributed by atoms with E-state index in [-0.39, 0.29) is 41.1 Å². The Morgan fingerprint density at radius 1 is 1.00 bits per heavy atom. The minimum atomic E-state index is -0.492. The number of fused-ring (bicyclic) bond motifs is 1. The summed E-state index contributed by atoms with van der Waals surface area (Å²) in [5.74, 6) is 0.676. The van der Waals surface area contributed by atoms with E-state index >= 15 is 0 Å². The van der Waals surface area contributed by atoms with Crippen LogP contribution in [0.2, 0.25) is 0 Å². The van der Waals surface area contributed by atoms with Crippen molar-refractivity contribution in [1.82, 2.24) is 5.16 Å². The molecule has 35 heavy (non-hydrogen) atoms. The fraction of sp³-hybridized carbons (Fsp3) is 0.200. The Morgan fingerprint density at radius 3 is 2.43 bits per heavy atom. The molecule has 10 nitrogen and oxygen atoms in total. The second kappa shape index (κ2) is 10.1. The molecule has 0 atom stereocenters. The molecule has 0 bridgehead atoms. The van der Waals surface area contributed by atoms with E-state index < -0.39 is 17.4 Å². The van der Waals surface area contributed by atoms with Crippen LogP contribution in [0.25, 0.3) is 11.0 Å². The van der Waals surface area contributed by atoms with Crippen molar-refractivity contribution in [3.8, 4) is 23.1 Å². The molecule has 2 aromatic heterocycles. The van der Waals surface area contributed by atoms with Crippen molar-refractivity contribution in [1.29, 1.82) is 0 Å². The maximum absolute atomic E-state index is 13.0. The van der Waals surface area contributed by atoms with E-state index in [2.05, 4.69) is 9.89 Å². The third-order valence-electron chi connectivity index (χ3n) is 5.04. The summed E-state index contributed by atoms with van der Waals surface area (Å²) in [6.07, 6.45) is 0.346. The number of benzene rings is 2. The maximum atomic E-state index is 13.0. The molecule has 180 valence electrons. The Morgan fingerprint density at radius 2 is 1.74 bits per heavy atom. The average molecular weight is 479 g/mol. The summed E-state index contributed by atoms with van der Waals surface area (Å²) in [6, 6.07) is 12.2. The fourth-order valence-electron chi connectivity index (χ4n) is 3.26. The zero-order valence-electron chi connectivity index (χ0n) is 19.2. The minimum Gasteiger partial charge on any atom is -0.479 e. The van der Waals surface area contributed by atoms with Gasteiger partial charge in [0, 0.05) is 18.6 Å². The molecule has 10 heteroatoms. The largest absolute Gasteiger partial charge is 0.479 e. The highest BCUT2D eigenvalue weighted by molar-refractivity contribution is 5.89. The van der Waals surface area contributed by atoms with Crippen molar-refractivity contribution in [3.63, 3.8) is 0 Å². The van der Waals surface area contributed by atoms with Gasteiger partial charge in [0.2, 0.25) is 11.2 Å². The lowest BCUT2D eigenvalue weighted by Gasteiger charge is -2.10. The van der Waals surface area contributed by atoms with Gasteiger partial charge in [-0.25, -0.2) is 4.79 Å². The molecule has 0 saturated heterocycles. The second-order valence-electron chi connectivity index (χ2n) is 7.40. The van der Waals surface area contributed by atoms with Crippen LogP contribution < -0.4 is 19.6 Å². The monoisotopic (exact) mass is 479 g/mol. The molecule has 0 fully saturated rings. The molecule has 2 aromatic carbocycles. The molecule has 0 saturated carbocycles. The third kappa shape index (κ3) is 5.32. The van der Waals surface area contributed by atoms with Crippen molar-refractivity contribution < 1.29 is 37.5 Å². The van der Waals surface area contributed by atoms with E-state index in [4.69, 9.17) is 23.2 Å². The van der Waals surface area contributed by atoms with Crippen molar-refractivity contribution in [2.24, 2.45) is 0 Å². The summed E-state index contributed by atoms with van der Waals surface area (Å²) in [5, 5.41) is 3.93. The quantitative estimate of drug-likeness (QED) is 0.268. The average Bonchev–Trinajstić information content (AvgIpc) is 3.33. The smallest absolute Gasteiger partial charge is 0.337 e. The van der Waals surface area contributed by atoms with Gasteiger partial charge in [-0.1, -0.05) is 0 Å². The van der Waals surface area contributed by atoms with Crippen LogP contribution in [0.4, 0.5) is 0 Å². The molecule has 0 unspecified atom stereocenters. The summed E-state index contributed by atoms with van der Waals surface area (Å²) in [7, 11) is 2.76. The molecule has 4 aromatic rings. The standard InChI is InChI=1S/C25H21NO9/c1-14-24(34-16-6-4-15(5-7-16)25(29)31-3)23(28)19-10-8-17(12-20(19)32-14)33-22(27)11-9-18-13-21(30-2)26-35-18/h4-8,10,12-13H,9,11H2,1-3H3. The van der Waals surface area contributed by atoms with Gasteiger partial charge < -0.3 is 27.9 Å². The van der Waals surface area contributed by atoms with Crippen LogP contribution in [0.1, 0.15) is 28.3 Å². The van der Waals surface area contributed by atoms with Crippen molar-refractivity contribution >= 4 is 22.9 Å². The lowest BCUT2D eigenvalue weighted by atomic mass is 10.2. The first-order valence-electron chi connectivity index (χ1n) is 10.5. The molecular formula is C25H21NO9. The van der Waals surface area contributed by atoms with Gasteiger partial charge in [0.05, 0.1) is 31.6 Å². The lowest BCUT2D eigenvalue weighted by Crippen LogP contribution is -2.10. The molecule has 0 radical (unpaired) electrons. The molecule has 0 amide bonds. The summed E-state index contributed by atoms with van der Waals surface area (Å²) in [6.45, 7) is 1.59. The number of ether oxygens (including phenoxy) is 4. The number of hydrogen-bond donors (Lipinski definition) is 0. The van der Waals surface area contributed by atoms with Crippen LogP contribution in [0, 0.1) is 6.92 Å². The van der Waals surface area contributed by atoms with E-state index in [9.17, 15) is 14.4 Å². The van der Waals surface area contributed by atoms with Crippen LogP contribution in [0.15, 0.2) is 62.3 Å². The first-order valence-corrected chi connectivity index (χ1v) is 10.5. The SMILES string of the molecule is COC(=O)c1ccc(Oc2c(C)oc3cc(OC(=O)CCc4cc(OC)no4)ccc3c2=O)cc1. The van der Waals surface area contributed by atoms with E-state index in [1.165, 1.54) is 44.6 Å². The first-order chi connectivity index (χ1) is 16.9. The molecule has 0 aliphatic heterocycles. The van der Waals surface area contributed by atoms with E-state index in [1.807, 2.05) is 0 Å². The van der Waals surface area contributed by atoms with Gasteiger partial charge in [0.15, 0.2) is 0 Å². The lowest BCUT2D eigenvalue weighted by molar-refractivity contribution is -0.134. The highest BCUT2D eigenvalue weighted by Gasteiger charge is 2.16. The number of hydrogen-bond acceptors (Lipinski definition) is 10. The number of aryl methyl sites for hydroxylation is 2. The van der Waals surface area contributed by atoms with E-state index in [0.717, 1.165) is 0 Å². The van der Waals surface area contributed by atoms with Crippen LogP contribution in [0.3, 0.4) is 0 Å². The normalized spacial score (nSPS) is 10.7. The highest BCUT2D eigenvalue weighted by atomic mass is 16.5. The molecule has 4 rings (SSSR count). The van der Waals surface area contributed by atoms with Gasteiger partial charge in [-0.05, 0) is 48.5 Å². The predicted octanol–water partition coefficient (Wildman–Crippen LogP) is 4.22. The van der Waals surface area contributed by atoms with Crippen LogP contribution >= 0.6 is 0 Å². The predicted molar refractivity (Wildman–Crippen MR) is 122 cm³/mol. The first kappa shape index (κ1) is 23.6. The number of carbonyl (C=O) groups excluding carboxylic acids is 2. The molecule has 2 heterocycles. The Bertz CT molecular complexity index is 1430. The Hall–Kier alpha value is -4.60. The van der Waals surface area contributed by atoms with E-state index in [0.29, 0.717) is 23.0 Å². The minimum absolute atomic E-state index is 0.00977. The summed E-state index contributed by atoms with van der Waals surface area (Å²) < 4.78 is 31.5. The number of aromatic nitrogens is 1. The molecule has 0 aliphatic carbocycles. The van der Waals surface area contributed by atoms with E-state index in [1.54, 1.807) is 25.1 Å². The number of nitrogens with zero attached hydrogens (tertiary/aromatic N) is 1. The molecule has 0 spiro atoms. The van der Waals surface area contributed by atoms with Crippen molar-refractivity contribution in [2.75, 3.05) is 14.2 Å². The number of esters is 2. The number of rotatable bonds is 8. The Labute approximate surface area is 198 Å². The Balaban J connectivity index is 1.48. The zero-order chi connectivity index (χ0) is 24.9. The topological polar surface area (TPSA) is 127 Å². The Kier molecular flexibility index (Phi) is 6.81. The number of methoxy groups -OCH3 is 2. The van der Waals surface area contributed by atoms with Gasteiger partial charge >= 0.3 is 11.9 Å². The maximum Gasteiger partial charge on any atom is 0.337 e. The zero-order valence-corrected chi connectivity index (χ0v) is 19.2. The fourth-order valence-corrected chi connectivity index (χ4v) is 3.26. The van der Waals surface area contributed by atoms with Gasteiger partial charge in [-0.3, -0.25) is 9.59 Å². The van der Waals surface area contributed by atoms with Gasteiger partial charge in [0.25, 0.3) is 5.88 Å². The van der Waals surface area contributed by atoms with Crippen molar-refractivity contribution in [3.05, 3.63) is 75.8 Å². The summed E-state index contributed by atoms with van der Waals surface area (Å²) in [4.78, 5) is 36.8. The molecule has 0 N–H and O–H groups in total. The summed E-state index contributed by atoms with van der Waals surface area (Å²) in [5.41, 5.74) is 0.203. The molecular weight excluding hydrogens is 458 g/mol. The van der Waals surface area contributed by atoms with Crippen LogP contribution in [-0.2, 0) is 16.0 Å². The van der Waals surface area contributed by atoms with Crippen LogP contribution in [-0.4, -0.2) is 31.3 Å². The molecule has 0 aliphatic rings. The van der Waals surface area contributed by atoms with Crippen LogP contribution in [0.5, 0.6) is 23.1 Å². The third-order valence-corrected chi connectivity index (χ3v) is 5.04. The van der Waals surface area contributed by atoms with Gasteiger partial charge in [0.1, 0.15) is 28.6 Å². The number of carbonyl (C=O) groups is 2.